The molecule has 2 rings (SSSR count). The summed E-state index contributed by atoms with van der Waals surface area (Å²) < 4.78 is 31.3. The maximum absolute atomic E-state index is 13.4. The van der Waals surface area contributed by atoms with Gasteiger partial charge in [-0.2, -0.15) is 0 Å². The molecule has 0 aliphatic rings. The van der Waals surface area contributed by atoms with Crippen LogP contribution in [0, 0.1) is 11.6 Å². The van der Waals surface area contributed by atoms with E-state index in [0.717, 1.165) is 12.1 Å². The van der Waals surface area contributed by atoms with Gasteiger partial charge in [0, 0.05) is 0 Å². The second-order valence-electron chi connectivity index (χ2n) is 3.65. The summed E-state index contributed by atoms with van der Waals surface area (Å²) >= 11 is 0. The van der Waals surface area contributed by atoms with E-state index in [2.05, 4.69) is 5.32 Å². The molecule has 98 valence electrons. The molecule has 0 fully saturated rings. The van der Waals surface area contributed by atoms with E-state index in [9.17, 15) is 13.6 Å². The molecule has 0 heterocycles. The average Bonchev–Trinajstić information content (AvgIpc) is 2.40. The minimum absolute atomic E-state index is 0.0936. The lowest BCUT2D eigenvalue weighted by Gasteiger charge is -2.10. The first kappa shape index (κ1) is 12.8. The van der Waals surface area contributed by atoms with E-state index >= 15 is 0 Å². The van der Waals surface area contributed by atoms with Gasteiger partial charge in [0.25, 0.3) is 0 Å². The van der Waals surface area contributed by atoms with Crippen molar-refractivity contribution in [1.29, 1.82) is 0 Å². The van der Waals surface area contributed by atoms with Gasteiger partial charge in [0.1, 0.15) is 11.4 Å². The maximum atomic E-state index is 13.4. The zero-order valence-corrected chi connectivity index (χ0v) is 9.69. The molecule has 0 saturated heterocycles. The van der Waals surface area contributed by atoms with Gasteiger partial charge in [0.05, 0.1) is 5.69 Å². The molecule has 0 radical (unpaired) electrons. The lowest BCUT2D eigenvalue weighted by Crippen LogP contribution is -2.19. The zero-order valence-electron chi connectivity index (χ0n) is 9.69. The molecule has 0 aliphatic heterocycles. The molecule has 4 nitrogen and oxygen atoms in total. The van der Waals surface area contributed by atoms with Gasteiger partial charge in [-0.05, 0) is 24.3 Å². The van der Waals surface area contributed by atoms with E-state index in [-0.39, 0.29) is 11.4 Å². The number of nitrogen functional groups attached to an aromatic ring is 1. The predicted octanol–water partition coefficient (Wildman–Crippen LogP) is 3.16. The second kappa shape index (κ2) is 5.34. The van der Waals surface area contributed by atoms with Crippen molar-refractivity contribution >= 4 is 17.5 Å². The number of para-hydroxylation sites is 1. The van der Waals surface area contributed by atoms with Crippen LogP contribution in [0.15, 0.2) is 42.5 Å². The molecule has 0 aliphatic carbocycles. The number of benzene rings is 2. The standard InChI is InChI=1S/C13H10F2N2O2/c14-9-6-7-10(16)12(11(9)15)17-13(18)19-8-4-2-1-3-5-8/h1-7H,16H2,(H,17,18). The Balaban J connectivity index is 2.14. The number of carbonyl (C=O) groups is 1. The molecule has 6 heteroatoms. The van der Waals surface area contributed by atoms with Gasteiger partial charge in [-0.15, -0.1) is 0 Å². The van der Waals surface area contributed by atoms with Crippen LogP contribution in [0.1, 0.15) is 0 Å². The van der Waals surface area contributed by atoms with E-state index in [0.29, 0.717) is 0 Å². The van der Waals surface area contributed by atoms with Crippen molar-refractivity contribution in [3.8, 4) is 5.75 Å². The first-order valence-corrected chi connectivity index (χ1v) is 5.35. The number of nitrogens with two attached hydrogens (primary N) is 1. The highest BCUT2D eigenvalue weighted by atomic mass is 19.2. The number of hydrogen-bond acceptors (Lipinski definition) is 3. The van der Waals surface area contributed by atoms with Crippen LogP contribution in [-0.4, -0.2) is 6.09 Å². The lowest BCUT2D eigenvalue weighted by atomic mass is 10.2. The van der Waals surface area contributed by atoms with Crippen molar-refractivity contribution in [2.45, 2.75) is 0 Å². The van der Waals surface area contributed by atoms with E-state index in [1.165, 1.54) is 0 Å². The van der Waals surface area contributed by atoms with Crippen LogP contribution in [-0.2, 0) is 0 Å². The molecular weight excluding hydrogens is 254 g/mol. The monoisotopic (exact) mass is 264 g/mol. The van der Waals surface area contributed by atoms with E-state index in [1.54, 1.807) is 30.3 Å². The van der Waals surface area contributed by atoms with Gasteiger partial charge < -0.3 is 10.5 Å². The number of anilines is 2. The van der Waals surface area contributed by atoms with Crippen molar-refractivity contribution in [3.05, 3.63) is 54.1 Å². The minimum atomic E-state index is -1.23. The molecule has 1 amide bonds. The Morgan fingerprint density at radius 3 is 2.47 bits per heavy atom. The number of nitrogens with one attached hydrogen (secondary N) is 1. The Labute approximate surface area is 107 Å². The normalized spacial score (nSPS) is 10.0. The molecule has 2 aromatic carbocycles. The fourth-order valence-corrected chi connectivity index (χ4v) is 1.42. The summed E-state index contributed by atoms with van der Waals surface area (Å²) in [5, 5.41) is 2.07. The third-order valence-corrected chi connectivity index (χ3v) is 2.31. The first-order valence-electron chi connectivity index (χ1n) is 5.35. The van der Waals surface area contributed by atoms with Crippen molar-refractivity contribution in [2.75, 3.05) is 11.1 Å². The summed E-state index contributed by atoms with van der Waals surface area (Å²) in [6.07, 6.45) is -0.956. The molecule has 2 aromatic rings. The van der Waals surface area contributed by atoms with Gasteiger partial charge in [-0.3, -0.25) is 5.32 Å². The SMILES string of the molecule is Nc1ccc(F)c(F)c1NC(=O)Oc1ccccc1. The van der Waals surface area contributed by atoms with Gasteiger partial charge >= 0.3 is 6.09 Å². The number of amides is 1. The van der Waals surface area contributed by atoms with Crippen LogP contribution in [0.3, 0.4) is 0 Å². The van der Waals surface area contributed by atoms with E-state index in [4.69, 9.17) is 10.5 Å². The number of rotatable bonds is 2. The number of carbonyl (C=O) groups excluding carboxylic acids is 1. The summed E-state index contributed by atoms with van der Waals surface area (Å²) in [5.41, 5.74) is 4.92. The van der Waals surface area contributed by atoms with Gasteiger partial charge in [-0.1, -0.05) is 18.2 Å². The smallest absolute Gasteiger partial charge is 0.410 e. The fourth-order valence-electron chi connectivity index (χ4n) is 1.42. The van der Waals surface area contributed by atoms with Crippen LogP contribution >= 0.6 is 0 Å². The van der Waals surface area contributed by atoms with Crippen LogP contribution in [0.25, 0.3) is 0 Å². The van der Waals surface area contributed by atoms with Crippen molar-refractivity contribution in [2.24, 2.45) is 0 Å². The van der Waals surface area contributed by atoms with Crippen LogP contribution in [0.4, 0.5) is 25.0 Å². The number of ether oxygens (including phenoxy) is 1. The summed E-state index contributed by atoms with van der Waals surface area (Å²) in [7, 11) is 0. The van der Waals surface area contributed by atoms with Crippen LogP contribution in [0.5, 0.6) is 5.75 Å². The fraction of sp³-hybridized carbons (Fsp3) is 0. The Morgan fingerprint density at radius 1 is 1.11 bits per heavy atom. The Bertz CT molecular complexity index is 603. The lowest BCUT2D eigenvalue weighted by molar-refractivity contribution is 0.215. The van der Waals surface area contributed by atoms with Crippen molar-refractivity contribution in [1.82, 2.24) is 0 Å². The third kappa shape index (κ3) is 2.98. The van der Waals surface area contributed by atoms with Crippen molar-refractivity contribution < 1.29 is 18.3 Å². The quantitative estimate of drug-likeness (QED) is 0.819. The molecule has 0 unspecified atom stereocenters. The minimum Gasteiger partial charge on any atom is -0.410 e. The van der Waals surface area contributed by atoms with Crippen LogP contribution < -0.4 is 15.8 Å². The van der Waals surface area contributed by atoms with Gasteiger partial charge in [-0.25, -0.2) is 13.6 Å². The molecule has 3 N–H and O–H groups in total. The Kier molecular flexibility index (Phi) is 3.61. The Morgan fingerprint density at radius 2 is 1.79 bits per heavy atom. The molecule has 0 saturated carbocycles. The Hall–Kier alpha value is -2.63. The topological polar surface area (TPSA) is 64.3 Å². The molecule has 0 atom stereocenters. The third-order valence-electron chi connectivity index (χ3n) is 2.31. The summed E-state index contributed by atoms with van der Waals surface area (Å²) in [5.74, 6) is -2.07. The first-order chi connectivity index (χ1) is 9.08. The van der Waals surface area contributed by atoms with Crippen LogP contribution in [0.2, 0.25) is 0 Å². The largest absolute Gasteiger partial charge is 0.417 e. The molecule has 0 spiro atoms. The highest BCUT2D eigenvalue weighted by Crippen LogP contribution is 2.24. The molecule has 0 bridgehead atoms. The highest BCUT2D eigenvalue weighted by Gasteiger charge is 2.15. The molecule has 0 aromatic heterocycles. The van der Waals surface area contributed by atoms with E-state index in [1.807, 2.05) is 0 Å². The van der Waals surface area contributed by atoms with E-state index < -0.39 is 23.4 Å². The maximum Gasteiger partial charge on any atom is 0.417 e. The highest BCUT2D eigenvalue weighted by molar-refractivity contribution is 5.90. The van der Waals surface area contributed by atoms with Gasteiger partial charge in [0.15, 0.2) is 11.6 Å². The molecular formula is C13H10F2N2O2. The van der Waals surface area contributed by atoms with Gasteiger partial charge in [0.2, 0.25) is 0 Å². The number of halogens is 2. The second-order valence-corrected chi connectivity index (χ2v) is 3.65. The predicted molar refractivity (Wildman–Crippen MR) is 66.9 cm³/mol. The van der Waals surface area contributed by atoms with Crippen molar-refractivity contribution in [3.63, 3.8) is 0 Å². The average molecular weight is 264 g/mol. The summed E-state index contributed by atoms with van der Waals surface area (Å²) in [6.45, 7) is 0. The summed E-state index contributed by atoms with van der Waals surface area (Å²) in [4.78, 5) is 11.5. The zero-order chi connectivity index (χ0) is 13.8. The number of hydrogen-bond donors (Lipinski definition) is 2. The summed E-state index contributed by atoms with van der Waals surface area (Å²) in [6, 6.07) is 10.2. The molecule has 19 heavy (non-hydrogen) atoms.